The van der Waals surface area contributed by atoms with Gasteiger partial charge in [-0.3, -0.25) is 9.59 Å². The normalized spacial score (nSPS) is 16.5. The van der Waals surface area contributed by atoms with Crippen LogP contribution in [0, 0.1) is 6.92 Å². The van der Waals surface area contributed by atoms with Crippen LogP contribution in [0.4, 0.5) is 0 Å². The topological polar surface area (TPSA) is 51.1 Å². The smallest absolute Gasteiger partial charge is 0.253 e. The van der Waals surface area contributed by atoms with Crippen LogP contribution in [0.1, 0.15) is 37.7 Å². The predicted octanol–water partition coefficient (Wildman–Crippen LogP) is 1.61. The van der Waals surface area contributed by atoms with Crippen LogP contribution in [0.2, 0.25) is 0 Å². The molecule has 0 aliphatic heterocycles. The van der Waals surface area contributed by atoms with Gasteiger partial charge in [0.2, 0.25) is 5.91 Å². The van der Waals surface area contributed by atoms with Crippen molar-refractivity contribution < 1.29 is 4.79 Å². The third-order valence-electron chi connectivity index (χ3n) is 3.49. The minimum Gasteiger partial charge on any atom is -0.352 e. The molecule has 4 heteroatoms. The minimum absolute atomic E-state index is 0.0606. The molecule has 0 atom stereocenters. The minimum atomic E-state index is -0.0868. The number of nitrogens with zero attached hydrogens (tertiary/aromatic N) is 1. The van der Waals surface area contributed by atoms with Crippen LogP contribution in [-0.4, -0.2) is 16.5 Å². The highest BCUT2D eigenvalue weighted by Crippen LogP contribution is 2.17. The van der Waals surface area contributed by atoms with Gasteiger partial charge < -0.3 is 9.88 Å². The summed E-state index contributed by atoms with van der Waals surface area (Å²) in [5.74, 6) is -0.0606. The van der Waals surface area contributed by atoms with Crippen molar-refractivity contribution in [2.24, 2.45) is 0 Å². The molecule has 4 nitrogen and oxygen atoms in total. The van der Waals surface area contributed by atoms with Crippen LogP contribution < -0.4 is 10.9 Å². The summed E-state index contributed by atoms with van der Waals surface area (Å²) in [5, 5.41) is 3.02. The molecule has 0 unspecified atom stereocenters. The van der Waals surface area contributed by atoms with E-state index in [4.69, 9.17) is 0 Å². The largest absolute Gasteiger partial charge is 0.352 e. The number of aryl methyl sites for hydroxylation is 1. The highest BCUT2D eigenvalue weighted by Gasteiger charge is 2.15. The molecule has 0 bridgehead atoms. The lowest BCUT2D eigenvalue weighted by Crippen LogP contribution is -2.39. The molecule has 1 heterocycles. The summed E-state index contributed by atoms with van der Waals surface area (Å²) >= 11 is 0. The maximum absolute atomic E-state index is 11.9. The van der Waals surface area contributed by atoms with E-state index in [0.717, 1.165) is 12.8 Å². The van der Waals surface area contributed by atoms with Gasteiger partial charge in [-0.15, -0.1) is 0 Å². The molecule has 1 saturated carbocycles. The van der Waals surface area contributed by atoms with Crippen molar-refractivity contribution in [1.29, 1.82) is 0 Å². The quantitative estimate of drug-likeness (QED) is 0.883. The lowest BCUT2D eigenvalue weighted by atomic mass is 9.95. The standard InChI is InChI=1S/C14H20N2O2/c1-11-6-5-9-16(14(11)18)10-13(17)15-12-7-3-2-4-8-12/h5-6,9,12H,2-4,7-8,10H2,1H3,(H,15,17). The van der Waals surface area contributed by atoms with Crippen LogP contribution >= 0.6 is 0 Å². The Balaban J connectivity index is 1.94. The van der Waals surface area contributed by atoms with Crippen molar-refractivity contribution in [2.45, 2.75) is 51.6 Å². The van der Waals surface area contributed by atoms with Gasteiger partial charge in [0.05, 0.1) is 0 Å². The Morgan fingerprint density at radius 3 is 2.83 bits per heavy atom. The molecule has 0 radical (unpaired) electrons. The number of nitrogens with one attached hydrogen (secondary N) is 1. The average molecular weight is 248 g/mol. The van der Waals surface area contributed by atoms with E-state index in [1.54, 1.807) is 25.3 Å². The third kappa shape index (κ3) is 3.22. The fraction of sp³-hybridized carbons (Fsp3) is 0.571. The summed E-state index contributed by atoms with van der Waals surface area (Å²) in [7, 11) is 0. The Hall–Kier alpha value is -1.58. The van der Waals surface area contributed by atoms with E-state index in [2.05, 4.69) is 5.32 Å². The van der Waals surface area contributed by atoms with E-state index in [1.165, 1.54) is 23.8 Å². The van der Waals surface area contributed by atoms with Crippen molar-refractivity contribution in [3.63, 3.8) is 0 Å². The molecule has 0 aromatic carbocycles. The number of carbonyl (C=O) groups excluding carboxylic acids is 1. The molecule has 1 aromatic rings. The molecule has 1 N–H and O–H groups in total. The Kier molecular flexibility index (Phi) is 4.18. The SMILES string of the molecule is Cc1cccn(CC(=O)NC2CCCCC2)c1=O. The van der Waals surface area contributed by atoms with Crippen molar-refractivity contribution in [1.82, 2.24) is 9.88 Å². The fourth-order valence-corrected chi connectivity index (χ4v) is 2.46. The third-order valence-corrected chi connectivity index (χ3v) is 3.49. The van der Waals surface area contributed by atoms with E-state index in [9.17, 15) is 9.59 Å². The second-order valence-electron chi connectivity index (χ2n) is 5.03. The second-order valence-corrected chi connectivity index (χ2v) is 5.03. The van der Waals surface area contributed by atoms with E-state index in [-0.39, 0.29) is 18.0 Å². The molecule has 98 valence electrons. The maximum Gasteiger partial charge on any atom is 0.253 e. The second kappa shape index (κ2) is 5.85. The molecular weight excluding hydrogens is 228 g/mol. The van der Waals surface area contributed by atoms with Crippen molar-refractivity contribution >= 4 is 5.91 Å². The first-order chi connectivity index (χ1) is 8.66. The highest BCUT2D eigenvalue weighted by atomic mass is 16.2. The van der Waals surface area contributed by atoms with Gasteiger partial charge >= 0.3 is 0 Å². The molecular formula is C14H20N2O2. The van der Waals surface area contributed by atoms with Gasteiger partial charge in [0.1, 0.15) is 6.54 Å². The average Bonchev–Trinajstić information content (AvgIpc) is 2.36. The number of carbonyl (C=O) groups is 1. The first-order valence-corrected chi connectivity index (χ1v) is 6.62. The molecule has 1 aliphatic carbocycles. The van der Waals surface area contributed by atoms with Crippen LogP contribution in [-0.2, 0) is 11.3 Å². The highest BCUT2D eigenvalue weighted by molar-refractivity contribution is 5.76. The van der Waals surface area contributed by atoms with Gasteiger partial charge in [-0.25, -0.2) is 0 Å². The molecule has 0 spiro atoms. The lowest BCUT2D eigenvalue weighted by molar-refractivity contribution is -0.122. The summed E-state index contributed by atoms with van der Waals surface area (Å²) in [6.45, 7) is 1.88. The molecule has 1 aliphatic rings. The van der Waals surface area contributed by atoms with Crippen molar-refractivity contribution in [3.05, 3.63) is 34.2 Å². The molecule has 2 rings (SSSR count). The maximum atomic E-state index is 11.9. The van der Waals surface area contributed by atoms with Crippen LogP contribution in [0.5, 0.6) is 0 Å². The summed E-state index contributed by atoms with van der Waals surface area (Å²) in [4.78, 5) is 23.7. The predicted molar refractivity (Wildman–Crippen MR) is 70.5 cm³/mol. The Labute approximate surface area is 107 Å². The first kappa shape index (κ1) is 12.9. The number of amides is 1. The monoisotopic (exact) mass is 248 g/mol. The van der Waals surface area contributed by atoms with Crippen molar-refractivity contribution in [2.75, 3.05) is 0 Å². The van der Waals surface area contributed by atoms with Gasteiger partial charge in [0, 0.05) is 17.8 Å². The molecule has 1 aromatic heterocycles. The molecule has 18 heavy (non-hydrogen) atoms. The Morgan fingerprint density at radius 1 is 1.39 bits per heavy atom. The van der Waals surface area contributed by atoms with E-state index >= 15 is 0 Å². The zero-order valence-corrected chi connectivity index (χ0v) is 10.8. The van der Waals surface area contributed by atoms with Crippen LogP contribution in [0.15, 0.2) is 23.1 Å². The van der Waals surface area contributed by atoms with Gasteiger partial charge in [-0.05, 0) is 25.8 Å². The number of pyridine rings is 1. The van der Waals surface area contributed by atoms with E-state index in [1.807, 2.05) is 0 Å². The van der Waals surface area contributed by atoms with Gasteiger partial charge in [0.15, 0.2) is 0 Å². The van der Waals surface area contributed by atoms with Crippen molar-refractivity contribution in [3.8, 4) is 0 Å². The Bertz CT molecular complexity index is 473. The molecule has 0 saturated heterocycles. The van der Waals surface area contributed by atoms with E-state index in [0.29, 0.717) is 11.6 Å². The van der Waals surface area contributed by atoms with Gasteiger partial charge in [0.25, 0.3) is 5.56 Å². The summed E-state index contributed by atoms with van der Waals surface area (Å²) in [6, 6.07) is 3.86. The number of rotatable bonds is 3. The van der Waals surface area contributed by atoms with Gasteiger partial charge in [-0.1, -0.05) is 25.3 Å². The number of aromatic nitrogens is 1. The fourth-order valence-electron chi connectivity index (χ4n) is 2.46. The summed E-state index contributed by atoms with van der Waals surface area (Å²) in [5.41, 5.74) is 0.583. The lowest BCUT2D eigenvalue weighted by Gasteiger charge is -2.22. The molecule has 1 fully saturated rings. The van der Waals surface area contributed by atoms with Crippen LogP contribution in [0.3, 0.4) is 0 Å². The zero-order valence-electron chi connectivity index (χ0n) is 10.8. The summed E-state index contributed by atoms with van der Waals surface area (Å²) < 4.78 is 1.47. The van der Waals surface area contributed by atoms with Crippen LogP contribution in [0.25, 0.3) is 0 Å². The Morgan fingerprint density at radius 2 is 2.11 bits per heavy atom. The zero-order chi connectivity index (χ0) is 13.0. The molecule has 1 amide bonds. The number of hydrogen-bond donors (Lipinski definition) is 1. The van der Waals surface area contributed by atoms with Gasteiger partial charge in [-0.2, -0.15) is 0 Å². The first-order valence-electron chi connectivity index (χ1n) is 6.62. The summed E-state index contributed by atoms with van der Waals surface area (Å²) in [6.07, 6.45) is 7.44. The number of hydrogen-bond acceptors (Lipinski definition) is 2. The van der Waals surface area contributed by atoms with E-state index < -0.39 is 0 Å².